The number of nitrogens with zero attached hydrogens (tertiary/aromatic N) is 1. The number of amides is 1. The molecule has 0 atom stereocenters. The van der Waals surface area contributed by atoms with E-state index in [0.717, 1.165) is 16.6 Å². The molecule has 0 bridgehead atoms. The van der Waals surface area contributed by atoms with Crippen molar-refractivity contribution in [1.29, 1.82) is 0 Å². The number of pyridine rings is 1. The first-order valence-corrected chi connectivity index (χ1v) is 9.85. The third-order valence-corrected chi connectivity index (χ3v) is 4.26. The van der Waals surface area contributed by atoms with Crippen LogP contribution >= 0.6 is 0 Å². The van der Waals surface area contributed by atoms with Crippen LogP contribution in [0, 0.1) is 0 Å². The van der Waals surface area contributed by atoms with E-state index in [4.69, 9.17) is 14.2 Å². The lowest BCUT2D eigenvalue weighted by atomic mass is 10.1. The summed E-state index contributed by atoms with van der Waals surface area (Å²) in [4.78, 5) is 17.4. The maximum absolute atomic E-state index is 12.8. The van der Waals surface area contributed by atoms with Crippen molar-refractivity contribution in [2.24, 2.45) is 0 Å². The van der Waals surface area contributed by atoms with Crippen LogP contribution in [0.2, 0.25) is 0 Å². The molecule has 1 amide bonds. The number of nitrogens with one attached hydrogen (secondary N) is 1. The number of carbonyl (C=O) groups excluding carboxylic acids is 1. The highest BCUT2D eigenvalue weighted by molar-refractivity contribution is 5.95. The predicted octanol–water partition coefficient (Wildman–Crippen LogP) is 4.36. The Hall–Kier alpha value is -3.28. The summed E-state index contributed by atoms with van der Waals surface area (Å²) in [5.41, 5.74) is 2.14. The maximum Gasteiger partial charge on any atom is 0.251 e. The van der Waals surface area contributed by atoms with E-state index in [0.29, 0.717) is 49.2 Å². The van der Waals surface area contributed by atoms with E-state index in [9.17, 15) is 4.79 Å². The molecular formula is C23H26N2O4. The fraction of sp³-hybridized carbons (Fsp3) is 0.304. The first-order valence-electron chi connectivity index (χ1n) is 9.85. The Balaban J connectivity index is 1.81. The van der Waals surface area contributed by atoms with Crippen molar-refractivity contribution in [1.82, 2.24) is 10.3 Å². The molecule has 1 N–H and O–H groups in total. The number of fused-ring (bicyclic) bond motifs is 1. The van der Waals surface area contributed by atoms with Crippen molar-refractivity contribution in [3.63, 3.8) is 0 Å². The number of rotatable bonds is 9. The Morgan fingerprint density at radius 1 is 0.897 bits per heavy atom. The van der Waals surface area contributed by atoms with Crippen LogP contribution in [0.4, 0.5) is 0 Å². The number of para-hydroxylation sites is 1. The lowest BCUT2D eigenvalue weighted by molar-refractivity contribution is 0.0949. The Bertz CT molecular complexity index is 961. The van der Waals surface area contributed by atoms with Gasteiger partial charge in [-0.05, 0) is 45.0 Å². The van der Waals surface area contributed by atoms with Gasteiger partial charge in [0.25, 0.3) is 5.91 Å². The van der Waals surface area contributed by atoms with Gasteiger partial charge in [-0.1, -0.05) is 24.3 Å². The van der Waals surface area contributed by atoms with Gasteiger partial charge in [0.05, 0.1) is 37.6 Å². The van der Waals surface area contributed by atoms with Crippen molar-refractivity contribution in [2.75, 3.05) is 19.8 Å². The molecule has 6 nitrogen and oxygen atoms in total. The van der Waals surface area contributed by atoms with E-state index in [1.54, 1.807) is 12.1 Å². The average molecular weight is 394 g/mol. The van der Waals surface area contributed by atoms with Crippen LogP contribution in [0.3, 0.4) is 0 Å². The summed E-state index contributed by atoms with van der Waals surface area (Å²) >= 11 is 0. The van der Waals surface area contributed by atoms with Crippen LogP contribution in [-0.4, -0.2) is 30.7 Å². The Labute approximate surface area is 170 Å². The maximum atomic E-state index is 12.8. The van der Waals surface area contributed by atoms with Gasteiger partial charge in [0.2, 0.25) is 5.75 Å². The lowest BCUT2D eigenvalue weighted by Gasteiger charge is -2.17. The molecule has 2 aromatic carbocycles. The number of ether oxygens (including phenoxy) is 3. The molecular weight excluding hydrogens is 368 g/mol. The fourth-order valence-electron chi connectivity index (χ4n) is 3.00. The summed E-state index contributed by atoms with van der Waals surface area (Å²) in [6, 6.07) is 15.2. The van der Waals surface area contributed by atoms with Crippen LogP contribution in [0.1, 0.15) is 36.8 Å². The van der Waals surface area contributed by atoms with Crippen LogP contribution in [0.5, 0.6) is 17.2 Å². The normalized spacial score (nSPS) is 10.6. The Morgan fingerprint density at radius 2 is 1.55 bits per heavy atom. The molecule has 6 heteroatoms. The minimum absolute atomic E-state index is 0.232. The van der Waals surface area contributed by atoms with Crippen LogP contribution in [0.25, 0.3) is 10.9 Å². The molecule has 0 unspecified atom stereocenters. The van der Waals surface area contributed by atoms with Gasteiger partial charge in [-0.2, -0.15) is 0 Å². The molecule has 1 aromatic heterocycles. The number of hydrogen-bond donors (Lipinski definition) is 1. The summed E-state index contributed by atoms with van der Waals surface area (Å²) < 4.78 is 17.0. The summed E-state index contributed by atoms with van der Waals surface area (Å²) in [5, 5.41) is 3.98. The van der Waals surface area contributed by atoms with Gasteiger partial charge in [0.15, 0.2) is 11.5 Å². The molecule has 29 heavy (non-hydrogen) atoms. The van der Waals surface area contributed by atoms with Crippen molar-refractivity contribution in [3.8, 4) is 17.2 Å². The molecule has 3 rings (SSSR count). The van der Waals surface area contributed by atoms with E-state index in [1.807, 2.05) is 57.2 Å². The molecule has 3 aromatic rings. The number of benzene rings is 2. The minimum Gasteiger partial charge on any atom is -0.490 e. The fourth-order valence-corrected chi connectivity index (χ4v) is 3.00. The molecule has 0 aliphatic carbocycles. The third-order valence-electron chi connectivity index (χ3n) is 4.26. The highest BCUT2D eigenvalue weighted by Gasteiger charge is 2.18. The molecule has 0 aliphatic heterocycles. The van der Waals surface area contributed by atoms with Crippen LogP contribution in [0.15, 0.2) is 48.5 Å². The molecule has 0 radical (unpaired) electrons. The Morgan fingerprint density at radius 3 is 2.21 bits per heavy atom. The molecule has 0 fully saturated rings. The van der Waals surface area contributed by atoms with Crippen molar-refractivity contribution in [3.05, 3.63) is 59.8 Å². The van der Waals surface area contributed by atoms with Gasteiger partial charge in [-0.25, -0.2) is 0 Å². The van der Waals surface area contributed by atoms with E-state index >= 15 is 0 Å². The number of aromatic nitrogens is 1. The van der Waals surface area contributed by atoms with Gasteiger partial charge in [-0.15, -0.1) is 0 Å². The summed E-state index contributed by atoms with van der Waals surface area (Å²) in [7, 11) is 0. The zero-order valence-corrected chi connectivity index (χ0v) is 17.0. The minimum atomic E-state index is -0.232. The second-order valence-corrected chi connectivity index (χ2v) is 6.28. The third kappa shape index (κ3) is 4.96. The largest absolute Gasteiger partial charge is 0.490 e. The second kappa shape index (κ2) is 9.78. The van der Waals surface area contributed by atoms with Crippen LogP contribution in [-0.2, 0) is 6.54 Å². The van der Waals surface area contributed by atoms with E-state index in [1.165, 1.54) is 0 Å². The van der Waals surface area contributed by atoms with Gasteiger partial charge < -0.3 is 19.5 Å². The van der Waals surface area contributed by atoms with Crippen LogP contribution < -0.4 is 19.5 Å². The number of hydrogen-bond acceptors (Lipinski definition) is 5. The average Bonchev–Trinajstić information content (AvgIpc) is 2.74. The highest BCUT2D eigenvalue weighted by Crippen LogP contribution is 2.39. The molecule has 0 spiro atoms. The number of carbonyl (C=O) groups is 1. The van der Waals surface area contributed by atoms with Crippen molar-refractivity contribution < 1.29 is 19.0 Å². The first kappa shape index (κ1) is 20.5. The lowest BCUT2D eigenvalue weighted by Crippen LogP contribution is -2.23. The smallest absolute Gasteiger partial charge is 0.251 e. The van der Waals surface area contributed by atoms with Crippen molar-refractivity contribution >= 4 is 16.8 Å². The second-order valence-electron chi connectivity index (χ2n) is 6.28. The molecule has 1 heterocycles. The first-order chi connectivity index (χ1) is 14.2. The Kier molecular flexibility index (Phi) is 6.89. The van der Waals surface area contributed by atoms with Gasteiger partial charge in [-0.3, -0.25) is 9.78 Å². The summed E-state index contributed by atoms with van der Waals surface area (Å²) in [6.45, 7) is 7.37. The van der Waals surface area contributed by atoms with Crippen molar-refractivity contribution in [2.45, 2.75) is 27.3 Å². The molecule has 0 saturated carbocycles. The molecule has 0 aliphatic rings. The monoisotopic (exact) mass is 394 g/mol. The SMILES string of the molecule is CCOc1cc(C(=O)NCc2ccc3ccccc3n2)cc(OCC)c1OCC. The predicted molar refractivity (Wildman–Crippen MR) is 113 cm³/mol. The topological polar surface area (TPSA) is 69.7 Å². The van der Waals surface area contributed by atoms with E-state index in [2.05, 4.69) is 10.3 Å². The molecule has 0 saturated heterocycles. The van der Waals surface area contributed by atoms with Gasteiger partial charge >= 0.3 is 0 Å². The highest BCUT2D eigenvalue weighted by atomic mass is 16.5. The summed E-state index contributed by atoms with van der Waals surface area (Å²) in [5.74, 6) is 1.28. The van der Waals surface area contributed by atoms with Gasteiger partial charge in [0, 0.05) is 10.9 Å². The molecule has 152 valence electrons. The van der Waals surface area contributed by atoms with E-state index < -0.39 is 0 Å². The standard InChI is InChI=1S/C23H26N2O4/c1-4-27-20-13-17(14-21(28-5-2)22(20)29-6-3)23(26)24-15-18-12-11-16-9-7-8-10-19(16)25-18/h7-14H,4-6,15H2,1-3H3,(H,24,26). The summed E-state index contributed by atoms with van der Waals surface area (Å²) in [6.07, 6.45) is 0. The zero-order valence-electron chi connectivity index (χ0n) is 17.0. The zero-order chi connectivity index (χ0) is 20.6. The van der Waals surface area contributed by atoms with E-state index in [-0.39, 0.29) is 5.91 Å². The quantitative estimate of drug-likeness (QED) is 0.584. The van der Waals surface area contributed by atoms with Gasteiger partial charge in [0.1, 0.15) is 0 Å².